The zero-order valence-corrected chi connectivity index (χ0v) is 31.1. The second kappa shape index (κ2) is 29.1. The van der Waals surface area contributed by atoms with Crippen LogP contribution in [-0.2, 0) is 22.6 Å². The van der Waals surface area contributed by atoms with E-state index in [1.54, 1.807) is 0 Å². The standard InChI is InChI=1S/C42H70NO3.ClH/c1-3-5-7-9-11-12-13-14-15-16-17-19-27-33-42(45)46-35-34-43(36-39-28-22-20-23-29-39,37-40-30-24-21-25-31-40)38-41(44)32-26-18-10-8-6-4-2;/h20-25,28-31,41,44H,3-19,26-27,32-38H2,1-2H3;1H/q+1;/p-1. The molecule has 1 N–H and O–H groups in total. The summed E-state index contributed by atoms with van der Waals surface area (Å²) in [4.78, 5) is 12.7. The Morgan fingerprint density at radius 3 is 1.47 bits per heavy atom. The molecule has 1 atom stereocenters. The van der Waals surface area contributed by atoms with E-state index in [4.69, 9.17) is 4.74 Å². The first-order chi connectivity index (χ1) is 22.6. The van der Waals surface area contributed by atoms with Crippen LogP contribution in [0.25, 0.3) is 0 Å². The van der Waals surface area contributed by atoms with Crippen LogP contribution in [0.1, 0.15) is 160 Å². The summed E-state index contributed by atoms with van der Waals surface area (Å²) in [7, 11) is 0. The van der Waals surface area contributed by atoms with Crippen LogP contribution in [-0.4, -0.2) is 41.4 Å². The molecule has 2 aromatic carbocycles. The third-order valence-corrected chi connectivity index (χ3v) is 9.52. The Kier molecular flexibility index (Phi) is 26.7. The normalized spacial score (nSPS) is 12.1. The van der Waals surface area contributed by atoms with Gasteiger partial charge in [-0.2, -0.15) is 0 Å². The lowest BCUT2D eigenvalue weighted by atomic mass is 10.0. The van der Waals surface area contributed by atoms with Crippen molar-refractivity contribution in [2.24, 2.45) is 0 Å². The van der Waals surface area contributed by atoms with Crippen LogP contribution >= 0.6 is 0 Å². The fourth-order valence-corrected chi connectivity index (χ4v) is 6.79. The highest BCUT2D eigenvalue weighted by Crippen LogP contribution is 2.23. The molecule has 0 fully saturated rings. The van der Waals surface area contributed by atoms with E-state index in [0.29, 0.717) is 30.6 Å². The van der Waals surface area contributed by atoms with Crippen molar-refractivity contribution in [2.75, 3.05) is 19.7 Å². The number of carbonyl (C=O) groups is 1. The lowest BCUT2D eigenvalue weighted by Gasteiger charge is -2.40. The maximum absolute atomic E-state index is 12.7. The van der Waals surface area contributed by atoms with Crippen molar-refractivity contribution in [3.05, 3.63) is 71.8 Å². The van der Waals surface area contributed by atoms with Gasteiger partial charge in [-0.3, -0.25) is 4.79 Å². The number of ether oxygens (including phenoxy) is 1. The first-order valence-electron chi connectivity index (χ1n) is 19.3. The van der Waals surface area contributed by atoms with Crippen LogP contribution in [0.2, 0.25) is 0 Å². The number of rotatable bonds is 30. The molecular formula is C42H70ClNO3. The molecule has 0 aliphatic rings. The molecule has 0 spiro atoms. The summed E-state index contributed by atoms with van der Waals surface area (Å²) in [5.74, 6) is -0.0757. The zero-order valence-electron chi connectivity index (χ0n) is 30.3. The van der Waals surface area contributed by atoms with Gasteiger partial charge in [0.2, 0.25) is 0 Å². The predicted octanol–water partition coefficient (Wildman–Crippen LogP) is 8.34. The topological polar surface area (TPSA) is 46.5 Å². The van der Waals surface area contributed by atoms with E-state index in [0.717, 1.165) is 38.8 Å². The summed E-state index contributed by atoms with van der Waals surface area (Å²) in [6.45, 7) is 7.88. The van der Waals surface area contributed by atoms with E-state index in [1.807, 2.05) is 0 Å². The predicted molar refractivity (Wildman–Crippen MR) is 196 cm³/mol. The summed E-state index contributed by atoms with van der Waals surface area (Å²) in [6.07, 6.45) is 25.2. The van der Waals surface area contributed by atoms with E-state index >= 15 is 0 Å². The van der Waals surface area contributed by atoms with E-state index in [1.165, 1.54) is 114 Å². The number of benzene rings is 2. The van der Waals surface area contributed by atoms with E-state index in [2.05, 4.69) is 74.5 Å². The molecule has 268 valence electrons. The summed E-state index contributed by atoms with van der Waals surface area (Å²) in [5, 5.41) is 11.3. The van der Waals surface area contributed by atoms with Crippen molar-refractivity contribution in [2.45, 2.75) is 168 Å². The molecule has 0 bridgehead atoms. The highest BCUT2D eigenvalue weighted by atomic mass is 35.5. The molecule has 0 radical (unpaired) electrons. The lowest BCUT2D eigenvalue weighted by Crippen LogP contribution is -3.00. The number of quaternary nitrogens is 1. The molecule has 0 aliphatic carbocycles. The molecule has 0 aliphatic heterocycles. The first-order valence-corrected chi connectivity index (χ1v) is 19.3. The number of esters is 1. The van der Waals surface area contributed by atoms with Crippen LogP contribution in [0.3, 0.4) is 0 Å². The largest absolute Gasteiger partial charge is 1.00 e. The SMILES string of the molecule is CCCCCCCCCCCCCCCC(=O)OCC[N+](Cc1ccccc1)(Cc1ccccc1)CC(O)CCCCCCCC.[Cl-]. The van der Waals surface area contributed by atoms with Crippen molar-refractivity contribution in [1.82, 2.24) is 0 Å². The van der Waals surface area contributed by atoms with Gasteiger partial charge in [-0.05, 0) is 12.8 Å². The van der Waals surface area contributed by atoms with Gasteiger partial charge in [-0.25, -0.2) is 0 Å². The van der Waals surface area contributed by atoms with Crippen LogP contribution in [0.4, 0.5) is 0 Å². The minimum Gasteiger partial charge on any atom is -1.00 e. The Morgan fingerprint density at radius 2 is 1.02 bits per heavy atom. The van der Waals surface area contributed by atoms with Gasteiger partial charge < -0.3 is 26.7 Å². The molecule has 0 amide bonds. The van der Waals surface area contributed by atoms with Crippen molar-refractivity contribution in [3.8, 4) is 0 Å². The average Bonchev–Trinajstić information content (AvgIpc) is 3.06. The molecule has 5 heteroatoms. The van der Waals surface area contributed by atoms with Gasteiger partial charge >= 0.3 is 5.97 Å². The first kappa shape index (κ1) is 43.1. The highest BCUT2D eigenvalue weighted by molar-refractivity contribution is 5.69. The number of aliphatic hydroxyl groups excluding tert-OH is 1. The lowest BCUT2D eigenvalue weighted by molar-refractivity contribution is -0.956. The van der Waals surface area contributed by atoms with Crippen LogP contribution in [0.15, 0.2) is 60.7 Å². The van der Waals surface area contributed by atoms with Gasteiger partial charge in [0.1, 0.15) is 38.9 Å². The van der Waals surface area contributed by atoms with Gasteiger partial charge in [0.15, 0.2) is 0 Å². The van der Waals surface area contributed by atoms with Crippen LogP contribution in [0, 0.1) is 0 Å². The second-order valence-electron chi connectivity index (χ2n) is 14.0. The summed E-state index contributed by atoms with van der Waals surface area (Å²) in [5.41, 5.74) is 2.51. The number of nitrogens with zero attached hydrogens (tertiary/aromatic N) is 1. The Morgan fingerprint density at radius 1 is 0.617 bits per heavy atom. The quantitative estimate of drug-likeness (QED) is 0.0516. The van der Waals surface area contributed by atoms with Crippen molar-refractivity contribution >= 4 is 5.97 Å². The number of hydrogen-bond acceptors (Lipinski definition) is 3. The Bertz CT molecular complexity index is 929. The van der Waals surface area contributed by atoms with E-state index in [9.17, 15) is 9.90 Å². The number of halogens is 1. The summed E-state index contributed by atoms with van der Waals surface area (Å²) >= 11 is 0. The van der Waals surface area contributed by atoms with Crippen molar-refractivity contribution in [3.63, 3.8) is 0 Å². The minimum absolute atomic E-state index is 0. The van der Waals surface area contributed by atoms with Gasteiger partial charge in [0, 0.05) is 17.5 Å². The summed E-state index contributed by atoms with van der Waals surface area (Å²) < 4.78 is 6.54. The second-order valence-corrected chi connectivity index (χ2v) is 14.0. The fraction of sp³-hybridized carbons (Fsp3) is 0.690. The van der Waals surface area contributed by atoms with E-state index in [-0.39, 0.29) is 24.5 Å². The third-order valence-electron chi connectivity index (χ3n) is 9.52. The fourth-order valence-electron chi connectivity index (χ4n) is 6.79. The minimum atomic E-state index is -0.375. The molecular weight excluding hydrogens is 602 g/mol. The highest BCUT2D eigenvalue weighted by Gasteiger charge is 2.32. The molecule has 4 nitrogen and oxygen atoms in total. The Balaban J connectivity index is 0.0000110. The van der Waals surface area contributed by atoms with Crippen molar-refractivity contribution in [1.29, 1.82) is 0 Å². The van der Waals surface area contributed by atoms with Crippen molar-refractivity contribution < 1.29 is 31.5 Å². The maximum atomic E-state index is 12.7. The summed E-state index contributed by atoms with van der Waals surface area (Å²) in [6, 6.07) is 21.2. The molecule has 1 unspecified atom stereocenters. The van der Waals surface area contributed by atoms with E-state index < -0.39 is 0 Å². The number of unbranched alkanes of at least 4 members (excludes halogenated alkanes) is 17. The Labute approximate surface area is 296 Å². The molecule has 2 rings (SSSR count). The number of aliphatic hydroxyl groups is 1. The maximum Gasteiger partial charge on any atom is 0.305 e. The molecule has 0 saturated heterocycles. The van der Waals surface area contributed by atoms with Gasteiger partial charge in [0.25, 0.3) is 0 Å². The molecule has 0 heterocycles. The zero-order chi connectivity index (χ0) is 33.0. The number of hydrogen-bond donors (Lipinski definition) is 1. The smallest absolute Gasteiger partial charge is 0.305 e. The molecule has 47 heavy (non-hydrogen) atoms. The van der Waals surface area contributed by atoms with Crippen LogP contribution in [0.5, 0.6) is 0 Å². The third kappa shape index (κ3) is 22.4. The van der Waals surface area contributed by atoms with Gasteiger partial charge in [-0.15, -0.1) is 0 Å². The molecule has 0 saturated carbocycles. The molecule has 0 aromatic heterocycles. The Hall–Kier alpha value is -1.88. The monoisotopic (exact) mass is 672 g/mol. The number of carbonyl (C=O) groups excluding carboxylic acids is 1. The molecule has 2 aromatic rings. The van der Waals surface area contributed by atoms with Crippen LogP contribution < -0.4 is 12.4 Å². The van der Waals surface area contributed by atoms with Gasteiger partial charge in [0.05, 0.1) is 0 Å². The van der Waals surface area contributed by atoms with Gasteiger partial charge in [-0.1, -0.05) is 190 Å². The average molecular weight is 672 g/mol.